The lowest BCUT2D eigenvalue weighted by Crippen LogP contribution is -2.32. The molecule has 2 aromatic rings. The second-order valence-electron chi connectivity index (χ2n) is 4.92. The number of rotatable bonds is 6. The molecule has 0 saturated carbocycles. The van der Waals surface area contributed by atoms with E-state index in [1.165, 1.54) is 31.8 Å². The number of aromatic nitrogens is 2. The first-order valence-electron chi connectivity index (χ1n) is 7.01. The Labute approximate surface area is 141 Å². The lowest BCUT2D eigenvalue weighted by Gasteiger charge is -2.19. The van der Waals surface area contributed by atoms with Gasteiger partial charge in [-0.05, 0) is 17.7 Å². The van der Waals surface area contributed by atoms with Crippen molar-refractivity contribution in [1.82, 2.24) is 15.3 Å². The molecule has 0 fully saturated rings. The summed E-state index contributed by atoms with van der Waals surface area (Å²) in [6.45, 7) is 0.0935. The first-order valence-corrected chi connectivity index (χ1v) is 7.01. The standard InChI is InChI=1S/C15H15F3N4O3/c1-24-7-12(22-14(23)13-11(19)6-20-8-21-13)9-2-4-10(5-3-9)25-15(16,17)18/h2-6,8,12H,7,19H2,1H3,(H,22,23). The highest BCUT2D eigenvalue weighted by atomic mass is 19.4. The summed E-state index contributed by atoms with van der Waals surface area (Å²) in [5, 5.41) is 2.66. The zero-order chi connectivity index (χ0) is 18.4. The Kier molecular flexibility index (Phi) is 5.75. The van der Waals surface area contributed by atoms with Crippen LogP contribution in [0.3, 0.4) is 0 Å². The molecule has 0 aliphatic heterocycles. The van der Waals surface area contributed by atoms with Crippen LogP contribution in [-0.2, 0) is 4.74 Å². The van der Waals surface area contributed by atoms with E-state index in [0.29, 0.717) is 5.56 Å². The lowest BCUT2D eigenvalue weighted by atomic mass is 10.1. The number of nitrogens with one attached hydrogen (secondary N) is 1. The number of methoxy groups -OCH3 is 1. The quantitative estimate of drug-likeness (QED) is 0.822. The van der Waals surface area contributed by atoms with Crippen LogP contribution in [0.2, 0.25) is 0 Å². The number of ether oxygens (including phenoxy) is 2. The zero-order valence-electron chi connectivity index (χ0n) is 13.1. The number of carbonyl (C=O) groups is 1. The van der Waals surface area contributed by atoms with Crippen molar-refractivity contribution < 1.29 is 27.4 Å². The molecule has 2 rings (SSSR count). The van der Waals surface area contributed by atoms with Gasteiger partial charge in [-0.15, -0.1) is 13.2 Å². The molecule has 1 aromatic carbocycles. The van der Waals surface area contributed by atoms with Gasteiger partial charge in [0.25, 0.3) is 5.91 Å². The second kappa shape index (κ2) is 7.79. The molecule has 25 heavy (non-hydrogen) atoms. The molecule has 0 spiro atoms. The van der Waals surface area contributed by atoms with Crippen molar-refractivity contribution in [2.75, 3.05) is 19.5 Å². The van der Waals surface area contributed by atoms with Gasteiger partial charge in [0.15, 0.2) is 5.69 Å². The Bertz CT molecular complexity index is 723. The molecule has 0 aliphatic carbocycles. The Balaban J connectivity index is 2.15. The fourth-order valence-corrected chi connectivity index (χ4v) is 2.05. The number of nitrogens with zero attached hydrogens (tertiary/aromatic N) is 2. The fourth-order valence-electron chi connectivity index (χ4n) is 2.05. The molecule has 1 amide bonds. The van der Waals surface area contributed by atoms with E-state index in [4.69, 9.17) is 10.5 Å². The highest BCUT2D eigenvalue weighted by Crippen LogP contribution is 2.24. The lowest BCUT2D eigenvalue weighted by molar-refractivity contribution is -0.274. The minimum absolute atomic E-state index is 0.00636. The maximum atomic E-state index is 12.3. The summed E-state index contributed by atoms with van der Waals surface area (Å²) in [6, 6.07) is 4.47. The Hall–Kier alpha value is -2.88. The highest BCUT2D eigenvalue weighted by molar-refractivity contribution is 5.97. The molecule has 1 atom stereocenters. The van der Waals surface area contributed by atoms with E-state index in [9.17, 15) is 18.0 Å². The van der Waals surface area contributed by atoms with Gasteiger partial charge in [0.2, 0.25) is 0 Å². The Morgan fingerprint density at radius 2 is 2.00 bits per heavy atom. The number of anilines is 1. The maximum Gasteiger partial charge on any atom is 0.573 e. The van der Waals surface area contributed by atoms with E-state index in [0.717, 1.165) is 12.1 Å². The van der Waals surface area contributed by atoms with Crippen LogP contribution in [0.1, 0.15) is 22.1 Å². The van der Waals surface area contributed by atoms with E-state index in [-0.39, 0.29) is 23.7 Å². The predicted molar refractivity (Wildman–Crippen MR) is 81.7 cm³/mol. The summed E-state index contributed by atoms with van der Waals surface area (Å²) < 4.78 is 45.4. The van der Waals surface area contributed by atoms with E-state index in [1.807, 2.05) is 0 Å². The molecule has 10 heteroatoms. The van der Waals surface area contributed by atoms with Crippen molar-refractivity contribution in [2.24, 2.45) is 0 Å². The Morgan fingerprint density at radius 3 is 2.56 bits per heavy atom. The molecule has 0 aliphatic rings. The van der Waals surface area contributed by atoms with E-state index < -0.39 is 18.3 Å². The van der Waals surface area contributed by atoms with Crippen molar-refractivity contribution in [3.05, 3.63) is 48.0 Å². The van der Waals surface area contributed by atoms with Crippen LogP contribution in [0.15, 0.2) is 36.8 Å². The van der Waals surface area contributed by atoms with E-state index in [1.54, 1.807) is 0 Å². The van der Waals surface area contributed by atoms with Gasteiger partial charge in [0, 0.05) is 7.11 Å². The number of hydrogen-bond acceptors (Lipinski definition) is 6. The van der Waals surface area contributed by atoms with Crippen molar-refractivity contribution in [3.8, 4) is 5.75 Å². The zero-order valence-corrected chi connectivity index (χ0v) is 13.1. The summed E-state index contributed by atoms with van der Waals surface area (Å²) >= 11 is 0. The van der Waals surface area contributed by atoms with Gasteiger partial charge in [-0.1, -0.05) is 12.1 Å². The molecular weight excluding hydrogens is 341 g/mol. The average Bonchev–Trinajstić information content (AvgIpc) is 2.54. The molecule has 0 bridgehead atoms. The van der Waals surface area contributed by atoms with Gasteiger partial charge < -0.3 is 20.5 Å². The summed E-state index contributed by atoms with van der Waals surface area (Å²) in [4.78, 5) is 19.8. The van der Waals surface area contributed by atoms with E-state index in [2.05, 4.69) is 20.0 Å². The van der Waals surface area contributed by atoms with Gasteiger partial charge >= 0.3 is 6.36 Å². The number of amides is 1. The van der Waals surface area contributed by atoms with Crippen LogP contribution < -0.4 is 15.8 Å². The third-order valence-corrected chi connectivity index (χ3v) is 3.11. The number of nitrogens with two attached hydrogens (primary N) is 1. The van der Waals surface area contributed by atoms with Crippen LogP contribution in [0.4, 0.5) is 18.9 Å². The van der Waals surface area contributed by atoms with Crippen LogP contribution in [0.5, 0.6) is 5.75 Å². The SMILES string of the molecule is COCC(NC(=O)c1ncncc1N)c1ccc(OC(F)(F)F)cc1. The van der Waals surface area contributed by atoms with Crippen LogP contribution >= 0.6 is 0 Å². The number of nitrogen functional groups attached to an aromatic ring is 1. The van der Waals surface area contributed by atoms with Crippen LogP contribution in [-0.4, -0.2) is 36.0 Å². The summed E-state index contributed by atoms with van der Waals surface area (Å²) in [6.07, 6.45) is -2.30. The third kappa shape index (κ3) is 5.31. The maximum absolute atomic E-state index is 12.3. The summed E-state index contributed by atoms with van der Waals surface area (Å²) in [7, 11) is 1.43. The minimum atomic E-state index is -4.77. The van der Waals surface area contributed by atoms with E-state index >= 15 is 0 Å². The van der Waals surface area contributed by atoms with Crippen LogP contribution in [0.25, 0.3) is 0 Å². The molecular formula is C15H15F3N4O3. The van der Waals surface area contributed by atoms with Crippen molar-refractivity contribution in [1.29, 1.82) is 0 Å². The number of hydrogen-bond donors (Lipinski definition) is 2. The molecule has 7 nitrogen and oxygen atoms in total. The van der Waals surface area contributed by atoms with Gasteiger partial charge in [-0.2, -0.15) is 0 Å². The Morgan fingerprint density at radius 1 is 1.32 bits per heavy atom. The molecule has 134 valence electrons. The normalized spacial score (nSPS) is 12.5. The molecule has 1 unspecified atom stereocenters. The number of halogens is 3. The van der Waals surface area contributed by atoms with Gasteiger partial charge in [-0.3, -0.25) is 4.79 Å². The molecule has 1 heterocycles. The monoisotopic (exact) mass is 356 g/mol. The fraction of sp³-hybridized carbons (Fsp3) is 0.267. The first-order chi connectivity index (χ1) is 11.8. The summed E-state index contributed by atoms with van der Waals surface area (Å²) in [5.41, 5.74) is 6.27. The topological polar surface area (TPSA) is 99.4 Å². The van der Waals surface area contributed by atoms with Gasteiger partial charge in [0.1, 0.15) is 12.1 Å². The number of carbonyl (C=O) groups excluding carboxylic acids is 1. The van der Waals surface area contributed by atoms with Gasteiger partial charge in [-0.25, -0.2) is 9.97 Å². The molecule has 3 N–H and O–H groups in total. The predicted octanol–water partition coefficient (Wildman–Crippen LogP) is 2.07. The second-order valence-corrected chi connectivity index (χ2v) is 4.92. The summed E-state index contributed by atoms with van der Waals surface area (Å²) in [5.74, 6) is -0.920. The molecule has 0 saturated heterocycles. The van der Waals surface area contributed by atoms with Crippen molar-refractivity contribution in [2.45, 2.75) is 12.4 Å². The smallest absolute Gasteiger partial charge is 0.406 e. The molecule has 0 radical (unpaired) electrons. The average molecular weight is 356 g/mol. The largest absolute Gasteiger partial charge is 0.573 e. The third-order valence-electron chi connectivity index (χ3n) is 3.11. The molecule has 1 aromatic heterocycles. The highest BCUT2D eigenvalue weighted by Gasteiger charge is 2.31. The van der Waals surface area contributed by atoms with Gasteiger partial charge in [0.05, 0.1) is 24.5 Å². The number of alkyl halides is 3. The van der Waals surface area contributed by atoms with Crippen molar-refractivity contribution in [3.63, 3.8) is 0 Å². The van der Waals surface area contributed by atoms with Crippen molar-refractivity contribution >= 4 is 11.6 Å². The number of benzene rings is 1. The first kappa shape index (κ1) is 18.5. The van der Waals surface area contributed by atoms with Crippen LogP contribution in [0, 0.1) is 0 Å². The minimum Gasteiger partial charge on any atom is -0.406 e.